The van der Waals surface area contributed by atoms with Crippen molar-refractivity contribution in [2.24, 2.45) is 0 Å². The Morgan fingerprint density at radius 1 is 1.43 bits per heavy atom. The predicted molar refractivity (Wildman–Crippen MR) is 51.5 cm³/mol. The lowest BCUT2D eigenvalue weighted by atomic mass is 10.1. The number of carbonyl (C=O) groups excluding carboxylic acids is 1. The standard InChI is InChI=1S/C8H13ClN2O3/c9-5-7(12)10-6-1-3-11(4-2-6)8(13)14/h6H,1-5H2,(H,10,12)(H,13,14). The summed E-state index contributed by atoms with van der Waals surface area (Å²) >= 11 is 5.33. The van der Waals surface area contributed by atoms with E-state index in [1.54, 1.807) is 0 Å². The van der Waals surface area contributed by atoms with Crippen LogP contribution in [0.15, 0.2) is 0 Å². The number of hydrogen-bond donors (Lipinski definition) is 2. The van der Waals surface area contributed by atoms with Gasteiger partial charge in [-0.1, -0.05) is 0 Å². The Balaban J connectivity index is 2.29. The van der Waals surface area contributed by atoms with E-state index in [4.69, 9.17) is 16.7 Å². The van der Waals surface area contributed by atoms with Gasteiger partial charge in [-0.05, 0) is 12.8 Å². The maximum absolute atomic E-state index is 10.9. The van der Waals surface area contributed by atoms with Gasteiger partial charge in [-0.15, -0.1) is 11.6 Å². The normalized spacial score (nSPS) is 17.9. The molecule has 0 aromatic carbocycles. The summed E-state index contributed by atoms with van der Waals surface area (Å²) in [6.07, 6.45) is 0.427. The number of nitrogens with zero attached hydrogens (tertiary/aromatic N) is 1. The van der Waals surface area contributed by atoms with E-state index >= 15 is 0 Å². The Labute approximate surface area is 87.0 Å². The monoisotopic (exact) mass is 220 g/mol. The molecule has 1 saturated heterocycles. The van der Waals surface area contributed by atoms with Crippen LogP contribution in [0, 0.1) is 0 Å². The van der Waals surface area contributed by atoms with Crippen LogP contribution in [0.2, 0.25) is 0 Å². The number of alkyl halides is 1. The number of likely N-dealkylation sites (tertiary alicyclic amines) is 1. The number of carboxylic acid groups (broad SMARTS) is 1. The number of nitrogens with one attached hydrogen (secondary N) is 1. The molecule has 5 nitrogen and oxygen atoms in total. The zero-order valence-electron chi connectivity index (χ0n) is 7.70. The molecule has 1 heterocycles. The smallest absolute Gasteiger partial charge is 0.407 e. The van der Waals surface area contributed by atoms with Gasteiger partial charge < -0.3 is 15.3 Å². The first-order valence-electron chi connectivity index (χ1n) is 4.46. The van der Waals surface area contributed by atoms with Crippen molar-refractivity contribution in [3.8, 4) is 0 Å². The van der Waals surface area contributed by atoms with Crippen LogP contribution in [0.5, 0.6) is 0 Å². The number of halogens is 1. The molecule has 1 aliphatic rings. The summed E-state index contributed by atoms with van der Waals surface area (Å²) in [5.41, 5.74) is 0. The zero-order chi connectivity index (χ0) is 10.6. The third-order valence-corrected chi connectivity index (χ3v) is 2.49. The highest BCUT2D eigenvalue weighted by atomic mass is 35.5. The highest BCUT2D eigenvalue weighted by molar-refractivity contribution is 6.27. The van der Waals surface area contributed by atoms with Gasteiger partial charge in [0, 0.05) is 19.1 Å². The minimum absolute atomic E-state index is 0.0425. The number of rotatable bonds is 2. The first-order valence-corrected chi connectivity index (χ1v) is 5.00. The van der Waals surface area contributed by atoms with E-state index in [2.05, 4.69) is 5.32 Å². The van der Waals surface area contributed by atoms with E-state index in [1.807, 2.05) is 0 Å². The van der Waals surface area contributed by atoms with Crippen molar-refractivity contribution < 1.29 is 14.7 Å². The van der Waals surface area contributed by atoms with E-state index in [-0.39, 0.29) is 17.8 Å². The average molecular weight is 221 g/mol. The molecule has 0 aromatic heterocycles. The van der Waals surface area contributed by atoms with Gasteiger partial charge in [0.2, 0.25) is 5.91 Å². The lowest BCUT2D eigenvalue weighted by molar-refractivity contribution is -0.119. The predicted octanol–water partition coefficient (Wildman–Crippen LogP) is 0.484. The molecule has 0 atom stereocenters. The summed E-state index contributed by atoms with van der Waals surface area (Å²) in [5, 5.41) is 11.4. The van der Waals surface area contributed by atoms with Crippen molar-refractivity contribution in [3.63, 3.8) is 0 Å². The van der Waals surface area contributed by atoms with Gasteiger partial charge in [0.25, 0.3) is 0 Å². The molecule has 80 valence electrons. The van der Waals surface area contributed by atoms with Gasteiger partial charge in [-0.3, -0.25) is 4.79 Å². The van der Waals surface area contributed by atoms with Crippen LogP contribution in [0.25, 0.3) is 0 Å². The molecule has 6 heteroatoms. The van der Waals surface area contributed by atoms with Crippen LogP contribution in [0.1, 0.15) is 12.8 Å². The van der Waals surface area contributed by atoms with Crippen LogP contribution in [-0.2, 0) is 4.79 Å². The number of hydrogen-bond acceptors (Lipinski definition) is 2. The molecule has 1 fully saturated rings. The summed E-state index contributed by atoms with van der Waals surface area (Å²) in [6, 6.07) is 0.0665. The van der Waals surface area contributed by atoms with Crippen LogP contribution in [0.4, 0.5) is 4.79 Å². The number of carbonyl (C=O) groups is 2. The summed E-state index contributed by atoms with van der Waals surface area (Å²) in [6.45, 7) is 0.950. The fraction of sp³-hybridized carbons (Fsp3) is 0.750. The fourth-order valence-corrected chi connectivity index (χ4v) is 1.56. The molecule has 0 bridgehead atoms. The quantitative estimate of drug-likeness (QED) is 0.666. The third kappa shape index (κ3) is 3.06. The van der Waals surface area contributed by atoms with Gasteiger partial charge in [-0.25, -0.2) is 4.79 Å². The molecule has 1 aliphatic heterocycles. The molecule has 0 aromatic rings. The highest BCUT2D eigenvalue weighted by Gasteiger charge is 2.22. The van der Waals surface area contributed by atoms with Crippen molar-refractivity contribution in [2.75, 3.05) is 19.0 Å². The molecule has 2 amide bonds. The fourth-order valence-electron chi connectivity index (χ4n) is 1.48. The molecule has 0 radical (unpaired) electrons. The zero-order valence-corrected chi connectivity index (χ0v) is 8.46. The van der Waals surface area contributed by atoms with Gasteiger partial charge in [0.15, 0.2) is 0 Å². The van der Waals surface area contributed by atoms with Gasteiger partial charge >= 0.3 is 6.09 Å². The minimum atomic E-state index is -0.896. The van der Waals surface area contributed by atoms with Crippen molar-refractivity contribution in [1.82, 2.24) is 10.2 Å². The molecular formula is C8H13ClN2O3. The maximum Gasteiger partial charge on any atom is 0.407 e. The molecule has 0 unspecified atom stereocenters. The van der Waals surface area contributed by atoms with Crippen LogP contribution in [-0.4, -0.2) is 47.0 Å². The van der Waals surface area contributed by atoms with Crippen molar-refractivity contribution >= 4 is 23.6 Å². The summed E-state index contributed by atoms with van der Waals surface area (Å²) in [5.74, 6) is -0.237. The first kappa shape index (κ1) is 11.1. The summed E-state index contributed by atoms with van der Waals surface area (Å²) < 4.78 is 0. The molecule has 1 rings (SSSR count). The summed E-state index contributed by atoms with van der Waals surface area (Å²) in [7, 11) is 0. The second kappa shape index (κ2) is 5.05. The molecule has 2 N–H and O–H groups in total. The Bertz CT molecular complexity index is 227. The van der Waals surface area contributed by atoms with Gasteiger partial charge in [0.1, 0.15) is 5.88 Å². The Morgan fingerprint density at radius 3 is 2.43 bits per heavy atom. The van der Waals surface area contributed by atoms with Crippen LogP contribution >= 0.6 is 11.6 Å². The molecule has 0 saturated carbocycles. The lowest BCUT2D eigenvalue weighted by Crippen LogP contribution is -2.46. The van der Waals surface area contributed by atoms with Gasteiger partial charge in [0.05, 0.1) is 0 Å². The highest BCUT2D eigenvalue weighted by Crippen LogP contribution is 2.10. The SMILES string of the molecule is O=C(CCl)NC1CCN(C(=O)O)CC1. The van der Waals surface area contributed by atoms with Crippen LogP contribution < -0.4 is 5.32 Å². The Hall–Kier alpha value is -0.970. The molecular weight excluding hydrogens is 208 g/mol. The van der Waals surface area contributed by atoms with E-state index in [1.165, 1.54) is 4.90 Å². The second-order valence-electron chi connectivity index (χ2n) is 3.25. The largest absolute Gasteiger partial charge is 0.465 e. The van der Waals surface area contributed by atoms with Crippen molar-refractivity contribution in [1.29, 1.82) is 0 Å². The first-order chi connectivity index (χ1) is 6.63. The molecule has 14 heavy (non-hydrogen) atoms. The topological polar surface area (TPSA) is 69.6 Å². The van der Waals surface area contributed by atoms with E-state index in [9.17, 15) is 9.59 Å². The summed E-state index contributed by atoms with van der Waals surface area (Å²) in [4.78, 5) is 22.8. The van der Waals surface area contributed by atoms with E-state index in [0.29, 0.717) is 25.9 Å². The van der Waals surface area contributed by atoms with E-state index < -0.39 is 6.09 Å². The van der Waals surface area contributed by atoms with Gasteiger partial charge in [-0.2, -0.15) is 0 Å². The second-order valence-corrected chi connectivity index (χ2v) is 3.51. The van der Waals surface area contributed by atoms with E-state index in [0.717, 1.165) is 0 Å². The maximum atomic E-state index is 10.9. The van der Waals surface area contributed by atoms with Crippen molar-refractivity contribution in [2.45, 2.75) is 18.9 Å². The average Bonchev–Trinajstić information content (AvgIpc) is 2.18. The van der Waals surface area contributed by atoms with Crippen LogP contribution in [0.3, 0.4) is 0 Å². The Kier molecular flexibility index (Phi) is 4.00. The molecule has 0 spiro atoms. The minimum Gasteiger partial charge on any atom is -0.465 e. The number of amides is 2. The molecule has 0 aliphatic carbocycles. The Morgan fingerprint density at radius 2 is 2.00 bits per heavy atom. The van der Waals surface area contributed by atoms with Crippen molar-refractivity contribution in [3.05, 3.63) is 0 Å². The lowest BCUT2D eigenvalue weighted by Gasteiger charge is -2.30. The third-order valence-electron chi connectivity index (χ3n) is 2.25. The number of piperidine rings is 1.